The molecule has 0 aromatic carbocycles. The second-order valence-corrected chi connectivity index (χ2v) is 13.9. The number of nitrogens with zero attached hydrogens (tertiary/aromatic N) is 1. The largest absolute Gasteiger partial charge is 0.393 e. The third kappa shape index (κ3) is 4.57. The molecule has 5 fully saturated rings. The molecule has 4 saturated carbocycles. The summed E-state index contributed by atoms with van der Waals surface area (Å²) in [6.45, 7) is 10.6. The first-order valence-corrected chi connectivity index (χ1v) is 14.8. The zero-order valence-electron chi connectivity index (χ0n) is 22.7. The number of amides is 2. The van der Waals surface area contributed by atoms with E-state index in [-0.39, 0.29) is 24.0 Å². The lowest BCUT2D eigenvalue weighted by atomic mass is 9.44. The van der Waals surface area contributed by atoms with Crippen LogP contribution in [-0.4, -0.2) is 47.1 Å². The predicted molar refractivity (Wildman–Crippen MR) is 138 cm³/mol. The Balaban J connectivity index is 1.18. The maximum absolute atomic E-state index is 12.9. The SMILES string of the molecule is CC(=O)N[C@H]1CCN(C(=O)CCC(C)[C@H]2CC[C@H]3[C@@H]4CC[C@H]5C[C@@H](O)CC[C@]5(C)[C@H]4CC[C@]23C)C1. The lowest BCUT2D eigenvalue weighted by molar-refractivity contribution is -0.132. The van der Waals surface area contributed by atoms with Crippen molar-refractivity contribution in [2.45, 2.75) is 117 Å². The summed E-state index contributed by atoms with van der Waals surface area (Å²) in [5.74, 6) is 4.93. The molecule has 5 nitrogen and oxygen atoms in total. The first-order valence-electron chi connectivity index (χ1n) is 14.8. The lowest BCUT2D eigenvalue weighted by Crippen LogP contribution is -2.54. The smallest absolute Gasteiger partial charge is 0.222 e. The van der Waals surface area contributed by atoms with Gasteiger partial charge in [0.25, 0.3) is 0 Å². The van der Waals surface area contributed by atoms with Crippen LogP contribution in [0.25, 0.3) is 0 Å². The molecule has 2 N–H and O–H groups in total. The monoisotopic (exact) mass is 486 g/mol. The number of nitrogens with one attached hydrogen (secondary N) is 1. The molecule has 0 bridgehead atoms. The highest BCUT2D eigenvalue weighted by atomic mass is 16.3. The molecule has 198 valence electrons. The number of likely N-dealkylation sites (tertiary alicyclic amines) is 1. The molecule has 0 aromatic heterocycles. The van der Waals surface area contributed by atoms with E-state index in [2.05, 4.69) is 26.1 Å². The van der Waals surface area contributed by atoms with Crippen molar-refractivity contribution in [3.8, 4) is 0 Å². The van der Waals surface area contributed by atoms with Crippen LogP contribution in [0.2, 0.25) is 0 Å². The predicted octanol–water partition coefficient (Wildman–Crippen LogP) is 5.16. The van der Waals surface area contributed by atoms with Crippen LogP contribution >= 0.6 is 0 Å². The number of carbonyl (C=O) groups is 2. The zero-order valence-corrected chi connectivity index (χ0v) is 22.7. The van der Waals surface area contributed by atoms with Gasteiger partial charge in [0, 0.05) is 32.5 Å². The molecule has 1 aliphatic heterocycles. The number of rotatable bonds is 5. The summed E-state index contributed by atoms with van der Waals surface area (Å²) in [6.07, 6.45) is 13.9. The van der Waals surface area contributed by atoms with Gasteiger partial charge >= 0.3 is 0 Å². The highest BCUT2D eigenvalue weighted by Crippen LogP contribution is 2.68. The average molecular weight is 487 g/mol. The van der Waals surface area contributed by atoms with Crippen LogP contribution in [-0.2, 0) is 9.59 Å². The zero-order chi connectivity index (χ0) is 25.0. The van der Waals surface area contributed by atoms with Gasteiger partial charge in [-0.2, -0.15) is 0 Å². The molecular formula is C30H50N2O3. The van der Waals surface area contributed by atoms with Crippen LogP contribution < -0.4 is 5.32 Å². The number of fused-ring (bicyclic) bond motifs is 5. The quantitative estimate of drug-likeness (QED) is 0.564. The Bertz CT molecular complexity index is 815. The molecule has 5 rings (SSSR count). The summed E-state index contributed by atoms with van der Waals surface area (Å²) in [5.41, 5.74) is 0.885. The van der Waals surface area contributed by atoms with Crippen molar-refractivity contribution in [1.82, 2.24) is 10.2 Å². The van der Waals surface area contributed by atoms with Crippen molar-refractivity contribution >= 4 is 11.8 Å². The Labute approximate surface area is 213 Å². The standard InChI is InChI=1S/C30H50N2O3/c1-19(5-10-28(35)32-16-13-22(18-32)31-20(2)33)25-8-9-26-24-7-6-21-17-23(34)11-14-29(21,3)27(24)12-15-30(25,26)4/h19,21-27,34H,5-18H2,1-4H3,(H,31,33)/t19?,21-,22-,23-,24-,25+,26-,27-,29-,30+/m0/s1. The molecule has 10 atom stereocenters. The fourth-order valence-electron chi connectivity index (χ4n) is 10.3. The number of carbonyl (C=O) groups excluding carboxylic acids is 2. The fourth-order valence-corrected chi connectivity index (χ4v) is 10.3. The number of aliphatic hydroxyl groups excluding tert-OH is 1. The van der Waals surface area contributed by atoms with Gasteiger partial charge < -0.3 is 15.3 Å². The van der Waals surface area contributed by atoms with Gasteiger partial charge in [-0.15, -0.1) is 0 Å². The normalized spacial score (nSPS) is 45.9. The van der Waals surface area contributed by atoms with Gasteiger partial charge in [0.1, 0.15) is 0 Å². The minimum absolute atomic E-state index is 0.000215. The fraction of sp³-hybridized carbons (Fsp3) is 0.933. The molecule has 0 spiro atoms. The lowest BCUT2D eigenvalue weighted by Gasteiger charge is -2.61. The van der Waals surface area contributed by atoms with Crippen LogP contribution in [0.1, 0.15) is 105 Å². The molecule has 2 amide bonds. The Kier molecular flexibility index (Phi) is 7.04. The summed E-state index contributed by atoms with van der Waals surface area (Å²) in [7, 11) is 0. The van der Waals surface area contributed by atoms with E-state index < -0.39 is 0 Å². The molecule has 5 aliphatic rings. The topological polar surface area (TPSA) is 69.6 Å². The second kappa shape index (κ2) is 9.65. The number of hydrogen-bond acceptors (Lipinski definition) is 3. The van der Waals surface area contributed by atoms with Crippen molar-refractivity contribution < 1.29 is 14.7 Å². The summed E-state index contributed by atoms with van der Waals surface area (Å²) >= 11 is 0. The van der Waals surface area contributed by atoms with E-state index in [4.69, 9.17) is 0 Å². The summed E-state index contributed by atoms with van der Waals surface area (Å²) < 4.78 is 0. The van der Waals surface area contributed by atoms with Crippen LogP contribution in [0.5, 0.6) is 0 Å². The van der Waals surface area contributed by atoms with Gasteiger partial charge in [0.05, 0.1) is 6.10 Å². The van der Waals surface area contributed by atoms with E-state index in [0.29, 0.717) is 29.7 Å². The van der Waals surface area contributed by atoms with Crippen molar-refractivity contribution in [3.63, 3.8) is 0 Å². The Morgan fingerprint density at radius 3 is 2.51 bits per heavy atom. The molecular weight excluding hydrogens is 436 g/mol. The van der Waals surface area contributed by atoms with E-state index in [9.17, 15) is 14.7 Å². The van der Waals surface area contributed by atoms with E-state index in [1.807, 2.05) is 4.90 Å². The second-order valence-electron chi connectivity index (χ2n) is 13.9. The van der Waals surface area contributed by atoms with E-state index in [1.54, 1.807) is 6.92 Å². The Hall–Kier alpha value is -1.10. The van der Waals surface area contributed by atoms with Gasteiger partial charge in [-0.3, -0.25) is 9.59 Å². The number of hydrogen-bond donors (Lipinski definition) is 2. The van der Waals surface area contributed by atoms with Crippen LogP contribution in [0.3, 0.4) is 0 Å². The van der Waals surface area contributed by atoms with Gasteiger partial charge in [-0.1, -0.05) is 20.8 Å². The van der Waals surface area contributed by atoms with Crippen molar-refractivity contribution in [1.29, 1.82) is 0 Å². The highest BCUT2D eigenvalue weighted by Gasteiger charge is 2.60. The Morgan fingerprint density at radius 1 is 1.00 bits per heavy atom. The summed E-state index contributed by atoms with van der Waals surface area (Å²) in [6, 6.07) is 0.128. The molecule has 1 heterocycles. The molecule has 1 unspecified atom stereocenters. The third-order valence-electron chi connectivity index (χ3n) is 12.2. The number of aliphatic hydroxyl groups is 1. The average Bonchev–Trinajstić information content (AvgIpc) is 3.41. The highest BCUT2D eigenvalue weighted by molar-refractivity contribution is 5.77. The van der Waals surface area contributed by atoms with E-state index in [0.717, 1.165) is 61.8 Å². The third-order valence-corrected chi connectivity index (χ3v) is 12.2. The maximum atomic E-state index is 12.9. The van der Waals surface area contributed by atoms with Gasteiger partial charge in [0.2, 0.25) is 11.8 Å². The molecule has 0 radical (unpaired) electrons. The van der Waals surface area contributed by atoms with Crippen LogP contribution in [0, 0.1) is 46.3 Å². The van der Waals surface area contributed by atoms with E-state index in [1.165, 1.54) is 44.9 Å². The summed E-state index contributed by atoms with van der Waals surface area (Å²) in [4.78, 5) is 26.3. The molecule has 4 aliphatic carbocycles. The molecule has 35 heavy (non-hydrogen) atoms. The minimum Gasteiger partial charge on any atom is -0.393 e. The van der Waals surface area contributed by atoms with Gasteiger partial charge in [-0.05, 0) is 117 Å². The molecule has 5 heteroatoms. The Morgan fingerprint density at radius 2 is 1.74 bits per heavy atom. The van der Waals surface area contributed by atoms with Gasteiger partial charge in [0.15, 0.2) is 0 Å². The van der Waals surface area contributed by atoms with Gasteiger partial charge in [-0.25, -0.2) is 0 Å². The minimum atomic E-state index is -0.0604. The summed E-state index contributed by atoms with van der Waals surface area (Å²) in [5, 5.41) is 13.3. The maximum Gasteiger partial charge on any atom is 0.222 e. The van der Waals surface area contributed by atoms with Crippen molar-refractivity contribution in [2.75, 3.05) is 13.1 Å². The molecule has 1 saturated heterocycles. The van der Waals surface area contributed by atoms with Crippen LogP contribution in [0.4, 0.5) is 0 Å². The van der Waals surface area contributed by atoms with Crippen molar-refractivity contribution in [3.05, 3.63) is 0 Å². The van der Waals surface area contributed by atoms with Crippen LogP contribution in [0.15, 0.2) is 0 Å². The first kappa shape index (κ1) is 25.5. The van der Waals surface area contributed by atoms with Crippen molar-refractivity contribution in [2.24, 2.45) is 46.3 Å². The molecule has 0 aromatic rings. The van der Waals surface area contributed by atoms with E-state index >= 15 is 0 Å². The first-order chi connectivity index (χ1) is 16.6.